The van der Waals surface area contributed by atoms with Crippen LogP contribution in [0.25, 0.3) is 27.5 Å². The van der Waals surface area contributed by atoms with E-state index in [1.165, 1.54) is 5.39 Å². The molecule has 90 valence electrons. The normalized spacial score (nSPS) is 11.2. The van der Waals surface area contributed by atoms with Crippen molar-refractivity contribution in [2.45, 2.75) is 0 Å². The molecule has 0 N–H and O–H groups in total. The molecule has 0 unspecified atom stereocenters. The maximum Gasteiger partial charge on any atom is 0.147 e. The minimum atomic E-state index is 0.920. The van der Waals surface area contributed by atoms with Gasteiger partial charge in [-0.2, -0.15) is 0 Å². The molecule has 4 nitrogen and oxygen atoms in total. The van der Waals surface area contributed by atoms with Gasteiger partial charge >= 0.3 is 0 Å². The molecule has 4 aromatic rings. The molecular weight excluding hydrogens is 236 g/mol. The first kappa shape index (κ1) is 10.2. The van der Waals surface area contributed by atoms with Crippen LogP contribution < -0.4 is 0 Å². The van der Waals surface area contributed by atoms with Gasteiger partial charge in [0, 0.05) is 41.2 Å². The van der Waals surface area contributed by atoms with Crippen LogP contribution in [0.2, 0.25) is 0 Å². The largest absolute Gasteiger partial charge is 0.301 e. The van der Waals surface area contributed by atoms with E-state index >= 15 is 0 Å². The summed E-state index contributed by atoms with van der Waals surface area (Å²) in [6, 6.07) is 10.3. The Morgan fingerprint density at radius 3 is 2.79 bits per heavy atom. The van der Waals surface area contributed by atoms with E-state index in [2.05, 4.69) is 37.7 Å². The Morgan fingerprint density at radius 1 is 0.842 bits per heavy atom. The van der Waals surface area contributed by atoms with Gasteiger partial charge in [-0.1, -0.05) is 6.07 Å². The molecule has 0 aliphatic carbocycles. The zero-order valence-corrected chi connectivity index (χ0v) is 10.1. The molecule has 0 fully saturated rings. The molecule has 0 radical (unpaired) electrons. The van der Waals surface area contributed by atoms with Gasteiger partial charge in [0.1, 0.15) is 12.0 Å². The molecule has 0 saturated carbocycles. The molecule has 0 aliphatic heterocycles. The van der Waals surface area contributed by atoms with Gasteiger partial charge in [-0.15, -0.1) is 0 Å². The molecule has 0 atom stereocenters. The summed E-state index contributed by atoms with van der Waals surface area (Å²) in [4.78, 5) is 12.5. The Kier molecular flexibility index (Phi) is 2.08. The summed E-state index contributed by atoms with van der Waals surface area (Å²) in [6.45, 7) is 0. The first-order chi connectivity index (χ1) is 9.42. The summed E-state index contributed by atoms with van der Waals surface area (Å²) in [5.41, 5.74) is 2.01. The second-order valence-electron chi connectivity index (χ2n) is 4.39. The second-order valence-corrected chi connectivity index (χ2v) is 4.39. The monoisotopic (exact) mass is 246 g/mol. The van der Waals surface area contributed by atoms with Crippen molar-refractivity contribution in [3.05, 3.63) is 61.4 Å². The van der Waals surface area contributed by atoms with Gasteiger partial charge in [0.05, 0.1) is 0 Å². The molecule has 4 heteroatoms. The summed E-state index contributed by atoms with van der Waals surface area (Å²) in [7, 11) is 0. The van der Waals surface area contributed by atoms with Gasteiger partial charge in [-0.3, -0.25) is 4.98 Å². The zero-order chi connectivity index (χ0) is 12.7. The fourth-order valence-electron chi connectivity index (χ4n) is 2.31. The lowest BCUT2D eigenvalue weighted by atomic mass is 10.1. The molecule has 4 rings (SSSR count). The summed E-state index contributed by atoms with van der Waals surface area (Å²) in [6.07, 6.45) is 9.09. The third-order valence-corrected chi connectivity index (χ3v) is 3.25. The average molecular weight is 246 g/mol. The van der Waals surface area contributed by atoms with Crippen LogP contribution >= 0.6 is 0 Å². The van der Waals surface area contributed by atoms with Crippen LogP contribution in [-0.4, -0.2) is 19.5 Å². The maximum atomic E-state index is 4.34. The van der Waals surface area contributed by atoms with E-state index in [4.69, 9.17) is 0 Å². The van der Waals surface area contributed by atoms with E-state index in [9.17, 15) is 0 Å². The first-order valence-electron chi connectivity index (χ1n) is 6.03. The molecule has 0 spiro atoms. The van der Waals surface area contributed by atoms with Crippen LogP contribution in [0.5, 0.6) is 0 Å². The summed E-state index contributed by atoms with van der Waals surface area (Å²) in [5, 5.41) is 3.35. The smallest absolute Gasteiger partial charge is 0.147 e. The minimum absolute atomic E-state index is 0.920. The first-order valence-corrected chi connectivity index (χ1v) is 6.03. The molecule has 0 saturated heterocycles. The van der Waals surface area contributed by atoms with Gasteiger partial charge in [-0.25, -0.2) is 9.97 Å². The highest BCUT2D eigenvalue weighted by Gasteiger charge is 2.04. The number of hydrogen-bond donors (Lipinski definition) is 0. The number of fused-ring (bicyclic) bond motifs is 2. The lowest BCUT2D eigenvalue weighted by molar-refractivity contribution is 1.08. The molecule has 19 heavy (non-hydrogen) atoms. The maximum absolute atomic E-state index is 4.34. The molecule has 0 amide bonds. The van der Waals surface area contributed by atoms with Gasteiger partial charge in [0.15, 0.2) is 0 Å². The lowest BCUT2D eigenvalue weighted by Crippen LogP contribution is -1.93. The van der Waals surface area contributed by atoms with Crippen molar-refractivity contribution in [1.82, 2.24) is 19.5 Å². The fourth-order valence-corrected chi connectivity index (χ4v) is 2.31. The van der Waals surface area contributed by atoms with E-state index < -0.39 is 0 Å². The van der Waals surface area contributed by atoms with Crippen LogP contribution in [0.3, 0.4) is 0 Å². The fraction of sp³-hybridized carbons (Fsp3) is 0. The minimum Gasteiger partial charge on any atom is -0.301 e. The summed E-state index contributed by atoms with van der Waals surface area (Å²) < 4.78 is 2.07. The molecular formula is C15H10N4. The van der Waals surface area contributed by atoms with E-state index in [0.717, 1.165) is 22.1 Å². The highest BCUT2D eigenvalue weighted by atomic mass is 15.0. The Bertz CT molecular complexity index is 879. The number of aromatic nitrogens is 4. The SMILES string of the molecule is c1cc2cc(-n3ccc4cncnc43)ccc2cn1. The van der Waals surface area contributed by atoms with Crippen molar-refractivity contribution < 1.29 is 0 Å². The Hall–Kier alpha value is -2.75. The number of hydrogen-bond acceptors (Lipinski definition) is 3. The summed E-state index contributed by atoms with van der Waals surface area (Å²) in [5.74, 6) is 0. The average Bonchev–Trinajstić information content (AvgIpc) is 2.91. The van der Waals surface area contributed by atoms with E-state index in [-0.39, 0.29) is 0 Å². The number of rotatable bonds is 1. The second kappa shape index (κ2) is 3.88. The van der Waals surface area contributed by atoms with Crippen LogP contribution in [0, 0.1) is 0 Å². The Morgan fingerprint density at radius 2 is 1.79 bits per heavy atom. The van der Waals surface area contributed by atoms with E-state index in [1.807, 2.05) is 36.9 Å². The highest BCUT2D eigenvalue weighted by Crippen LogP contribution is 2.21. The van der Waals surface area contributed by atoms with Crippen molar-refractivity contribution in [3.8, 4) is 5.69 Å². The van der Waals surface area contributed by atoms with Gasteiger partial charge < -0.3 is 4.57 Å². The Balaban J connectivity index is 1.99. The van der Waals surface area contributed by atoms with Crippen LogP contribution in [0.4, 0.5) is 0 Å². The van der Waals surface area contributed by atoms with Crippen LogP contribution in [0.15, 0.2) is 61.4 Å². The van der Waals surface area contributed by atoms with E-state index in [0.29, 0.717) is 0 Å². The number of benzene rings is 1. The predicted molar refractivity (Wildman–Crippen MR) is 74.2 cm³/mol. The third-order valence-electron chi connectivity index (χ3n) is 3.25. The summed E-state index contributed by atoms with van der Waals surface area (Å²) >= 11 is 0. The molecule has 1 aromatic carbocycles. The van der Waals surface area contributed by atoms with E-state index in [1.54, 1.807) is 6.33 Å². The number of nitrogens with zero attached hydrogens (tertiary/aromatic N) is 4. The molecule has 0 aliphatic rings. The zero-order valence-electron chi connectivity index (χ0n) is 10.1. The standard InChI is InChI=1S/C15H10N4/c1-2-14(7-11-3-5-16-8-12(1)11)19-6-4-13-9-17-10-18-15(13)19/h1-10H. The van der Waals surface area contributed by atoms with Gasteiger partial charge in [0.25, 0.3) is 0 Å². The van der Waals surface area contributed by atoms with Crippen molar-refractivity contribution in [2.75, 3.05) is 0 Å². The lowest BCUT2D eigenvalue weighted by Gasteiger charge is -2.06. The van der Waals surface area contributed by atoms with Gasteiger partial charge in [0.2, 0.25) is 0 Å². The van der Waals surface area contributed by atoms with Crippen LogP contribution in [-0.2, 0) is 0 Å². The van der Waals surface area contributed by atoms with Crippen molar-refractivity contribution >= 4 is 21.8 Å². The van der Waals surface area contributed by atoms with Crippen LogP contribution in [0.1, 0.15) is 0 Å². The predicted octanol–water partition coefficient (Wildman–Crippen LogP) is 2.97. The molecule has 3 aromatic heterocycles. The molecule has 0 bridgehead atoms. The van der Waals surface area contributed by atoms with Crippen molar-refractivity contribution in [3.63, 3.8) is 0 Å². The van der Waals surface area contributed by atoms with Crippen molar-refractivity contribution in [1.29, 1.82) is 0 Å². The highest BCUT2D eigenvalue weighted by molar-refractivity contribution is 5.85. The topological polar surface area (TPSA) is 43.6 Å². The van der Waals surface area contributed by atoms with Crippen molar-refractivity contribution in [2.24, 2.45) is 0 Å². The quantitative estimate of drug-likeness (QED) is 0.518. The van der Waals surface area contributed by atoms with Gasteiger partial charge in [-0.05, 0) is 29.7 Å². The Labute approximate surface area is 109 Å². The number of pyridine rings is 1. The molecule has 3 heterocycles. The third kappa shape index (κ3) is 1.57.